The van der Waals surface area contributed by atoms with E-state index >= 15 is 0 Å². The molecular formula is C26H32O10. The van der Waals surface area contributed by atoms with Crippen LogP contribution in [0.3, 0.4) is 0 Å². The predicted octanol–water partition coefficient (Wildman–Crippen LogP) is 2.93. The number of Topliss-reactive ketones (excluding diaryl/α,β-unsaturated/α-hetero) is 1. The third kappa shape index (κ3) is 4.30. The van der Waals surface area contributed by atoms with E-state index in [2.05, 4.69) is 0 Å². The molecule has 4 rings (SSSR count). The van der Waals surface area contributed by atoms with E-state index in [9.17, 15) is 24.0 Å². The van der Waals surface area contributed by atoms with E-state index in [0.717, 1.165) is 0 Å². The molecule has 0 bridgehead atoms. The lowest BCUT2D eigenvalue weighted by molar-refractivity contribution is -0.210. The van der Waals surface area contributed by atoms with E-state index in [1.807, 2.05) is 13.8 Å². The summed E-state index contributed by atoms with van der Waals surface area (Å²) >= 11 is 0. The van der Waals surface area contributed by atoms with Crippen LogP contribution in [0, 0.1) is 28.6 Å². The Bertz CT molecular complexity index is 1050. The fourth-order valence-corrected chi connectivity index (χ4v) is 6.79. The molecule has 0 N–H and O–H groups in total. The average molecular weight is 505 g/mol. The Labute approximate surface area is 208 Å². The van der Waals surface area contributed by atoms with Crippen LogP contribution in [0.5, 0.6) is 0 Å². The zero-order chi connectivity index (χ0) is 26.3. The van der Waals surface area contributed by atoms with Crippen molar-refractivity contribution in [3.8, 4) is 0 Å². The van der Waals surface area contributed by atoms with Gasteiger partial charge < -0.3 is 23.4 Å². The number of rotatable bonds is 6. The lowest BCUT2D eigenvalue weighted by Gasteiger charge is -2.61. The zero-order valence-electron chi connectivity index (χ0n) is 20.9. The highest BCUT2D eigenvalue weighted by atomic mass is 16.6. The highest BCUT2D eigenvalue weighted by Crippen LogP contribution is 2.65. The molecule has 36 heavy (non-hydrogen) atoms. The van der Waals surface area contributed by atoms with Gasteiger partial charge in [-0.15, -0.1) is 0 Å². The summed E-state index contributed by atoms with van der Waals surface area (Å²) in [7, 11) is 1.28. The molecule has 1 aliphatic heterocycles. The van der Waals surface area contributed by atoms with Gasteiger partial charge in [0.25, 0.3) is 0 Å². The maximum absolute atomic E-state index is 14.0. The van der Waals surface area contributed by atoms with Gasteiger partial charge in [0.1, 0.15) is 12.5 Å². The Balaban J connectivity index is 1.70. The monoisotopic (exact) mass is 504 g/mol. The molecule has 0 aromatic carbocycles. The fraction of sp³-hybridized carbons (Fsp3) is 0.654. The first-order chi connectivity index (χ1) is 17.0. The summed E-state index contributed by atoms with van der Waals surface area (Å²) < 4.78 is 26.3. The van der Waals surface area contributed by atoms with Crippen molar-refractivity contribution in [2.75, 3.05) is 13.7 Å². The summed E-state index contributed by atoms with van der Waals surface area (Å²) in [6.07, 6.45) is 1.65. The Hall–Kier alpha value is -3.17. The number of furan rings is 1. The molecule has 2 saturated carbocycles. The van der Waals surface area contributed by atoms with Gasteiger partial charge in [-0.3, -0.25) is 24.0 Å². The SMILES string of the molecule is CCOC(=O)CC(=O)O[C@H]1C[C@@H](C(=O)OC)[C@]2(C)CC[C@H]3C(=O)O[C@H](c4ccoc4)C[C@]3(C)[C@H]2C1=O. The van der Waals surface area contributed by atoms with E-state index in [1.165, 1.54) is 19.6 Å². The summed E-state index contributed by atoms with van der Waals surface area (Å²) in [6.45, 7) is 5.47. The number of cyclic esters (lactones) is 1. The van der Waals surface area contributed by atoms with Crippen LogP contribution in [-0.4, -0.2) is 49.5 Å². The van der Waals surface area contributed by atoms with Gasteiger partial charge >= 0.3 is 23.9 Å². The van der Waals surface area contributed by atoms with Gasteiger partial charge in [0.2, 0.25) is 0 Å². The predicted molar refractivity (Wildman–Crippen MR) is 121 cm³/mol. The molecule has 3 aliphatic rings. The maximum Gasteiger partial charge on any atom is 0.317 e. The second-order valence-electron chi connectivity index (χ2n) is 10.4. The largest absolute Gasteiger partial charge is 0.472 e. The molecule has 10 nitrogen and oxygen atoms in total. The topological polar surface area (TPSA) is 135 Å². The molecule has 7 atom stereocenters. The second kappa shape index (κ2) is 9.71. The van der Waals surface area contributed by atoms with Crippen LogP contribution in [-0.2, 0) is 42.9 Å². The highest BCUT2D eigenvalue weighted by Gasteiger charge is 2.67. The third-order valence-electron chi connectivity index (χ3n) is 8.37. The van der Waals surface area contributed by atoms with E-state index in [-0.39, 0.29) is 18.8 Å². The molecule has 2 aliphatic carbocycles. The van der Waals surface area contributed by atoms with Crippen molar-refractivity contribution < 1.29 is 47.3 Å². The summed E-state index contributed by atoms with van der Waals surface area (Å²) in [5.41, 5.74) is -1.02. The van der Waals surface area contributed by atoms with Crippen LogP contribution in [0.25, 0.3) is 0 Å². The number of carbonyl (C=O) groups excluding carboxylic acids is 5. The normalized spacial score (nSPS) is 35.6. The first-order valence-electron chi connectivity index (χ1n) is 12.2. The van der Waals surface area contributed by atoms with E-state index in [0.29, 0.717) is 24.8 Å². The number of esters is 4. The Morgan fingerprint density at radius 1 is 1.14 bits per heavy atom. The molecule has 10 heteroatoms. The minimum atomic E-state index is -1.25. The van der Waals surface area contributed by atoms with Gasteiger partial charge in [-0.2, -0.15) is 0 Å². The Morgan fingerprint density at radius 2 is 1.89 bits per heavy atom. The van der Waals surface area contributed by atoms with Crippen LogP contribution in [0.4, 0.5) is 0 Å². The molecule has 0 amide bonds. The molecule has 196 valence electrons. The van der Waals surface area contributed by atoms with Crippen molar-refractivity contribution in [1.29, 1.82) is 0 Å². The smallest absolute Gasteiger partial charge is 0.317 e. The Morgan fingerprint density at radius 3 is 2.53 bits per heavy atom. The third-order valence-corrected chi connectivity index (χ3v) is 8.37. The standard InChI is InChI=1S/C26H32O10/c1-5-34-19(27)11-20(28)35-17-10-16(23(30)32-4)25(2)8-6-15-24(31)36-18(14-7-9-33-13-14)12-26(15,3)22(25)21(17)29/h7,9,13,15-18,22H,5-6,8,10-12H2,1-4H3/t15-,16-,17-,18-,22-,25-,26-/m0/s1. The van der Waals surface area contributed by atoms with E-state index in [4.69, 9.17) is 23.4 Å². The maximum atomic E-state index is 14.0. The first kappa shape index (κ1) is 25.9. The molecule has 1 aromatic heterocycles. The fourth-order valence-electron chi connectivity index (χ4n) is 6.79. The molecule has 1 aromatic rings. The minimum absolute atomic E-state index is 0.0522. The van der Waals surface area contributed by atoms with Crippen molar-refractivity contribution in [3.63, 3.8) is 0 Å². The highest BCUT2D eigenvalue weighted by molar-refractivity contribution is 5.96. The van der Waals surface area contributed by atoms with Gasteiger partial charge in [0.05, 0.1) is 38.1 Å². The first-order valence-corrected chi connectivity index (χ1v) is 12.2. The Kier molecular flexibility index (Phi) is 6.99. The number of hydrogen-bond acceptors (Lipinski definition) is 10. The molecule has 0 spiro atoms. The second-order valence-corrected chi connectivity index (χ2v) is 10.4. The van der Waals surface area contributed by atoms with Crippen LogP contribution in [0.1, 0.15) is 64.5 Å². The summed E-state index contributed by atoms with van der Waals surface area (Å²) in [5.74, 6) is -5.02. The summed E-state index contributed by atoms with van der Waals surface area (Å²) in [6, 6.07) is 1.71. The van der Waals surface area contributed by atoms with Gasteiger partial charge in [-0.25, -0.2) is 0 Å². The lowest BCUT2D eigenvalue weighted by Crippen LogP contribution is -2.64. The number of ether oxygens (including phenoxy) is 4. The molecular weight excluding hydrogens is 472 g/mol. The number of hydrogen-bond donors (Lipinski definition) is 0. The van der Waals surface area contributed by atoms with Gasteiger partial charge in [-0.05, 0) is 43.1 Å². The quantitative estimate of drug-likeness (QED) is 0.323. The molecule has 1 saturated heterocycles. The van der Waals surface area contributed by atoms with Crippen LogP contribution >= 0.6 is 0 Å². The molecule has 0 radical (unpaired) electrons. The number of ketones is 1. The van der Waals surface area contributed by atoms with Gasteiger partial charge in [-0.1, -0.05) is 13.8 Å². The van der Waals surface area contributed by atoms with Crippen molar-refractivity contribution in [2.45, 2.75) is 65.1 Å². The number of methoxy groups -OCH3 is 1. The van der Waals surface area contributed by atoms with Crippen molar-refractivity contribution in [2.24, 2.45) is 28.6 Å². The van der Waals surface area contributed by atoms with Crippen molar-refractivity contribution in [1.82, 2.24) is 0 Å². The van der Waals surface area contributed by atoms with Crippen molar-refractivity contribution in [3.05, 3.63) is 24.2 Å². The molecule has 0 unspecified atom stereocenters. The van der Waals surface area contributed by atoms with E-state index < -0.39 is 71.1 Å². The summed E-state index contributed by atoms with van der Waals surface area (Å²) in [5, 5.41) is 0. The van der Waals surface area contributed by atoms with Gasteiger partial charge in [0, 0.05) is 17.9 Å². The van der Waals surface area contributed by atoms with Crippen LogP contribution in [0.2, 0.25) is 0 Å². The lowest BCUT2D eigenvalue weighted by atomic mass is 9.43. The molecule has 2 heterocycles. The average Bonchev–Trinajstić information content (AvgIpc) is 3.34. The molecule has 3 fully saturated rings. The zero-order valence-corrected chi connectivity index (χ0v) is 20.9. The van der Waals surface area contributed by atoms with Crippen LogP contribution in [0.15, 0.2) is 23.0 Å². The van der Waals surface area contributed by atoms with Crippen LogP contribution < -0.4 is 0 Å². The van der Waals surface area contributed by atoms with Crippen molar-refractivity contribution >= 4 is 29.7 Å². The number of fused-ring (bicyclic) bond motifs is 3. The summed E-state index contributed by atoms with van der Waals surface area (Å²) in [4.78, 5) is 64.3. The number of carbonyl (C=O) groups is 5. The van der Waals surface area contributed by atoms with Gasteiger partial charge in [0.15, 0.2) is 11.9 Å². The van der Waals surface area contributed by atoms with E-state index in [1.54, 1.807) is 13.0 Å². The minimum Gasteiger partial charge on any atom is -0.472 e.